The van der Waals surface area contributed by atoms with Crippen LogP contribution >= 0.6 is 0 Å². The number of rotatable bonds is 7. The molecule has 3 atom stereocenters. The van der Waals surface area contributed by atoms with Crippen LogP contribution in [-0.4, -0.2) is 60.6 Å². The third-order valence-electron chi connectivity index (χ3n) is 5.92. The van der Waals surface area contributed by atoms with Crippen LogP contribution in [0.1, 0.15) is 60.3 Å². The zero-order chi connectivity index (χ0) is 15.5. The van der Waals surface area contributed by atoms with E-state index < -0.39 is 0 Å². The number of nitrogens with zero attached hydrogens (tertiary/aromatic N) is 2. The van der Waals surface area contributed by atoms with Gasteiger partial charge in [0, 0.05) is 31.2 Å². The molecule has 0 aromatic heterocycles. The van der Waals surface area contributed by atoms with Crippen molar-refractivity contribution in [2.45, 2.75) is 78.4 Å². The van der Waals surface area contributed by atoms with Crippen LogP contribution in [0.5, 0.6) is 0 Å². The van der Waals surface area contributed by atoms with Crippen LogP contribution in [0, 0.1) is 5.41 Å². The Bertz CT molecular complexity index is 312. The Morgan fingerprint density at radius 1 is 1.14 bits per heavy atom. The second-order valence-electron chi connectivity index (χ2n) is 7.69. The van der Waals surface area contributed by atoms with E-state index in [-0.39, 0.29) is 0 Å². The van der Waals surface area contributed by atoms with E-state index in [2.05, 4.69) is 49.7 Å². The van der Waals surface area contributed by atoms with Gasteiger partial charge < -0.3 is 5.32 Å². The monoisotopic (exact) mass is 295 g/mol. The fraction of sp³-hybridized carbons (Fsp3) is 1.00. The van der Waals surface area contributed by atoms with Crippen molar-refractivity contribution in [3.63, 3.8) is 0 Å². The van der Waals surface area contributed by atoms with Crippen molar-refractivity contribution in [3.8, 4) is 0 Å². The van der Waals surface area contributed by atoms with Gasteiger partial charge in [0.15, 0.2) is 0 Å². The lowest BCUT2D eigenvalue weighted by molar-refractivity contribution is 0.151. The molecule has 0 spiro atoms. The Morgan fingerprint density at radius 2 is 1.86 bits per heavy atom. The number of hydrogen-bond donors (Lipinski definition) is 1. The molecule has 2 rings (SSSR count). The quantitative estimate of drug-likeness (QED) is 0.779. The predicted molar refractivity (Wildman–Crippen MR) is 91.8 cm³/mol. The summed E-state index contributed by atoms with van der Waals surface area (Å²) in [6, 6.07) is 2.22. The first kappa shape index (κ1) is 17.2. The first-order valence-electron chi connectivity index (χ1n) is 9.25. The zero-order valence-electron chi connectivity index (χ0n) is 15.0. The zero-order valence-corrected chi connectivity index (χ0v) is 15.0. The van der Waals surface area contributed by atoms with Crippen LogP contribution < -0.4 is 5.32 Å². The molecule has 2 aliphatic rings. The minimum atomic E-state index is 0.452. The molecule has 2 fully saturated rings. The maximum atomic E-state index is 3.87. The minimum Gasteiger partial charge on any atom is -0.312 e. The van der Waals surface area contributed by atoms with Crippen LogP contribution in [0.3, 0.4) is 0 Å². The van der Waals surface area contributed by atoms with Crippen LogP contribution in [-0.2, 0) is 0 Å². The van der Waals surface area contributed by atoms with Gasteiger partial charge in [-0.05, 0) is 50.7 Å². The second-order valence-corrected chi connectivity index (χ2v) is 7.69. The van der Waals surface area contributed by atoms with E-state index in [9.17, 15) is 0 Å². The van der Waals surface area contributed by atoms with Crippen molar-refractivity contribution in [1.29, 1.82) is 0 Å². The third-order valence-corrected chi connectivity index (χ3v) is 5.92. The van der Waals surface area contributed by atoms with E-state index in [1.165, 1.54) is 51.9 Å². The molecule has 0 bridgehead atoms. The van der Waals surface area contributed by atoms with Crippen LogP contribution in [0.15, 0.2) is 0 Å². The molecule has 3 unspecified atom stereocenters. The van der Waals surface area contributed by atoms with Gasteiger partial charge in [-0.25, -0.2) is 0 Å². The highest BCUT2D eigenvalue weighted by Crippen LogP contribution is 2.41. The van der Waals surface area contributed by atoms with E-state index in [4.69, 9.17) is 0 Å². The average molecular weight is 296 g/mol. The van der Waals surface area contributed by atoms with Gasteiger partial charge in [0.2, 0.25) is 0 Å². The normalized spacial score (nSPS) is 33.1. The van der Waals surface area contributed by atoms with E-state index in [0.29, 0.717) is 11.5 Å². The number of nitrogens with one attached hydrogen (secondary N) is 1. The minimum absolute atomic E-state index is 0.452. The first-order valence-corrected chi connectivity index (χ1v) is 9.25. The van der Waals surface area contributed by atoms with Crippen LogP contribution in [0.2, 0.25) is 0 Å². The van der Waals surface area contributed by atoms with Crippen LogP contribution in [0.25, 0.3) is 0 Å². The summed E-state index contributed by atoms with van der Waals surface area (Å²) in [5, 5.41) is 3.87. The molecular formula is C18H37N3. The van der Waals surface area contributed by atoms with Gasteiger partial charge in [0.25, 0.3) is 0 Å². The molecule has 3 heteroatoms. The Morgan fingerprint density at radius 3 is 2.48 bits per heavy atom. The summed E-state index contributed by atoms with van der Waals surface area (Å²) in [6.07, 6.45) is 5.34. The fourth-order valence-electron chi connectivity index (χ4n) is 4.58. The van der Waals surface area contributed by atoms with Gasteiger partial charge in [0.1, 0.15) is 0 Å². The summed E-state index contributed by atoms with van der Waals surface area (Å²) in [6.45, 7) is 17.9. The number of hydrogen-bond acceptors (Lipinski definition) is 3. The second kappa shape index (κ2) is 7.43. The van der Waals surface area contributed by atoms with Gasteiger partial charge in [-0.15, -0.1) is 0 Å². The highest BCUT2D eigenvalue weighted by atomic mass is 15.3. The Hall–Kier alpha value is -0.120. The molecule has 1 saturated carbocycles. The number of likely N-dealkylation sites (N-methyl/N-ethyl adjacent to an activating group) is 1. The third kappa shape index (κ3) is 3.80. The van der Waals surface area contributed by atoms with E-state index in [0.717, 1.165) is 18.6 Å². The van der Waals surface area contributed by atoms with E-state index in [1.54, 1.807) is 0 Å². The van der Waals surface area contributed by atoms with Crippen molar-refractivity contribution < 1.29 is 0 Å². The van der Waals surface area contributed by atoms with Gasteiger partial charge in [-0.1, -0.05) is 34.6 Å². The molecule has 124 valence electrons. The largest absolute Gasteiger partial charge is 0.312 e. The fourth-order valence-corrected chi connectivity index (χ4v) is 4.58. The molecule has 0 aromatic carbocycles. The molecule has 21 heavy (non-hydrogen) atoms. The van der Waals surface area contributed by atoms with Crippen molar-refractivity contribution in [3.05, 3.63) is 0 Å². The molecular weight excluding hydrogens is 258 g/mol. The van der Waals surface area contributed by atoms with E-state index >= 15 is 0 Å². The molecule has 0 aromatic rings. The lowest BCUT2D eigenvalue weighted by atomic mass is 9.86. The Balaban J connectivity index is 1.97. The Labute approximate surface area is 132 Å². The first-order chi connectivity index (χ1) is 10.0. The van der Waals surface area contributed by atoms with E-state index in [1.807, 2.05) is 0 Å². The topological polar surface area (TPSA) is 18.5 Å². The maximum Gasteiger partial charge on any atom is 0.0274 e. The summed E-state index contributed by atoms with van der Waals surface area (Å²) in [7, 11) is 0. The predicted octanol–water partition coefficient (Wildman–Crippen LogP) is 2.96. The summed E-state index contributed by atoms with van der Waals surface area (Å²) >= 11 is 0. The molecule has 1 heterocycles. The van der Waals surface area contributed by atoms with Gasteiger partial charge in [-0.3, -0.25) is 9.80 Å². The molecule has 1 aliphatic heterocycles. The summed E-state index contributed by atoms with van der Waals surface area (Å²) in [4.78, 5) is 5.44. The highest BCUT2D eigenvalue weighted by molar-refractivity contribution is 5.03. The van der Waals surface area contributed by atoms with Crippen LogP contribution in [0.4, 0.5) is 0 Å². The lowest BCUT2D eigenvalue weighted by Crippen LogP contribution is -2.52. The molecule has 0 amide bonds. The SMILES string of the molecule is CCCNC1C(N2CCC(N(CC)CC)C2)CCC1(C)C. The molecule has 1 aliphatic carbocycles. The highest BCUT2D eigenvalue weighted by Gasteiger charge is 2.45. The summed E-state index contributed by atoms with van der Waals surface area (Å²) in [5.74, 6) is 0. The standard InChI is InChI=1S/C18H37N3/c1-6-12-19-17-16(9-11-18(17,4)5)21-13-10-15(14-21)20(7-2)8-3/h15-17,19H,6-14H2,1-5H3. The van der Waals surface area contributed by atoms with Crippen molar-refractivity contribution in [2.24, 2.45) is 5.41 Å². The smallest absolute Gasteiger partial charge is 0.0274 e. The molecule has 0 radical (unpaired) electrons. The average Bonchev–Trinajstić information content (AvgIpc) is 3.03. The molecule has 1 saturated heterocycles. The summed E-state index contributed by atoms with van der Waals surface area (Å²) < 4.78 is 0. The Kier molecular flexibility index (Phi) is 6.10. The van der Waals surface area contributed by atoms with Crippen molar-refractivity contribution >= 4 is 0 Å². The lowest BCUT2D eigenvalue weighted by Gasteiger charge is -2.36. The summed E-state index contributed by atoms with van der Waals surface area (Å²) in [5.41, 5.74) is 0.452. The van der Waals surface area contributed by atoms with Gasteiger partial charge in [0.05, 0.1) is 0 Å². The number of likely N-dealkylation sites (tertiary alicyclic amines) is 1. The van der Waals surface area contributed by atoms with Gasteiger partial charge >= 0.3 is 0 Å². The molecule has 3 nitrogen and oxygen atoms in total. The van der Waals surface area contributed by atoms with Crippen molar-refractivity contribution in [1.82, 2.24) is 15.1 Å². The van der Waals surface area contributed by atoms with Gasteiger partial charge in [-0.2, -0.15) is 0 Å². The maximum absolute atomic E-state index is 3.87. The van der Waals surface area contributed by atoms with Crippen molar-refractivity contribution in [2.75, 3.05) is 32.7 Å². The molecule has 1 N–H and O–H groups in total.